The number of halogens is 1. The maximum absolute atomic E-state index is 11.6. The summed E-state index contributed by atoms with van der Waals surface area (Å²) < 4.78 is 4.81. The van der Waals surface area contributed by atoms with Gasteiger partial charge in [-0.05, 0) is 13.8 Å². The van der Waals surface area contributed by atoms with Crippen molar-refractivity contribution in [2.75, 3.05) is 5.32 Å². The van der Waals surface area contributed by atoms with Crippen LogP contribution in [0.15, 0.2) is 10.6 Å². The summed E-state index contributed by atoms with van der Waals surface area (Å²) in [5.41, 5.74) is -0.111. The molecule has 90 valence electrons. The molecule has 0 spiro atoms. The van der Waals surface area contributed by atoms with Crippen LogP contribution in [0.25, 0.3) is 0 Å². The normalized spacial score (nSPS) is 12.6. The molecule has 0 saturated heterocycles. The number of nitrogens with one attached hydrogen (secondary N) is 1. The van der Waals surface area contributed by atoms with Crippen molar-refractivity contribution in [3.63, 3.8) is 0 Å². The molecular formula is C11H17BrN2O2. The summed E-state index contributed by atoms with van der Waals surface area (Å²) in [6, 6.07) is 0.238. The van der Waals surface area contributed by atoms with E-state index in [0.717, 1.165) is 5.76 Å². The number of hydrogen-bond donors (Lipinski definition) is 1. The fourth-order valence-corrected chi connectivity index (χ4v) is 1.02. The number of rotatable bonds is 2. The summed E-state index contributed by atoms with van der Waals surface area (Å²) in [6.07, 6.45) is 1.64. The van der Waals surface area contributed by atoms with E-state index in [1.54, 1.807) is 20.0 Å². The molecule has 0 bridgehead atoms. The van der Waals surface area contributed by atoms with Crippen LogP contribution >= 0.6 is 15.9 Å². The van der Waals surface area contributed by atoms with Gasteiger partial charge in [0, 0.05) is 5.41 Å². The molecule has 0 fully saturated rings. The van der Waals surface area contributed by atoms with Gasteiger partial charge in [0.1, 0.15) is 5.76 Å². The van der Waals surface area contributed by atoms with Crippen LogP contribution in [0.1, 0.15) is 40.4 Å². The SMILES string of the molecule is CC(C)(Br)C(=O)Nc1ncc(C(C)(C)C)o1. The quantitative estimate of drug-likeness (QED) is 0.851. The number of anilines is 1. The molecule has 0 saturated carbocycles. The van der Waals surface area contributed by atoms with Crippen molar-refractivity contribution in [1.29, 1.82) is 0 Å². The average molecular weight is 289 g/mol. The van der Waals surface area contributed by atoms with E-state index in [4.69, 9.17) is 4.42 Å². The highest BCUT2D eigenvalue weighted by molar-refractivity contribution is 9.10. The van der Waals surface area contributed by atoms with Crippen LogP contribution in [-0.4, -0.2) is 15.2 Å². The third kappa shape index (κ3) is 3.33. The van der Waals surface area contributed by atoms with Crippen LogP contribution in [0.3, 0.4) is 0 Å². The summed E-state index contributed by atoms with van der Waals surface area (Å²) in [5.74, 6) is 0.560. The van der Waals surface area contributed by atoms with Crippen LogP contribution in [0.5, 0.6) is 0 Å². The Morgan fingerprint density at radius 3 is 2.31 bits per heavy atom. The monoisotopic (exact) mass is 288 g/mol. The van der Waals surface area contributed by atoms with Gasteiger partial charge < -0.3 is 4.42 Å². The number of nitrogens with zero attached hydrogens (tertiary/aromatic N) is 1. The van der Waals surface area contributed by atoms with Gasteiger partial charge in [-0.2, -0.15) is 0 Å². The second-order valence-corrected chi connectivity index (χ2v) is 7.19. The minimum absolute atomic E-state index is 0.111. The second-order valence-electron chi connectivity index (χ2n) is 5.21. The predicted octanol–water partition coefficient (Wildman–Crippen LogP) is 3.08. The van der Waals surface area contributed by atoms with E-state index in [1.807, 2.05) is 20.8 Å². The van der Waals surface area contributed by atoms with Crippen molar-refractivity contribution in [3.05, 3.63) is 12.0 Å². The fourth-order valence-electron chi connectivity index (χ4n) is 0.924. The zero-order chi connectivity index (χ0) is 12.6. The molecule has 0 aliphatic carbocycles. The van der Waals surface area contributed by atoms with Gasteiger partial charge in [-0.1, -0.05) is 36.7 Å². The van der Waals surface area contributed by atoms with E-state index in [-0.39, 0.29) is 17.3 Å². The molecule has 0 aliphatic rings. The van der Waals surface area contributed by atoms with Gasteiger partial charge in [0.2, 0.25) is 5.91 Å². The molecular weight excluding hydrogens is 272 g/mol. The van der Waals surface area contributed by atoms with Gasteiger partial charge in [-0.3, -0.25) is 10.1 Å². The number of aromatic nitrogens is 1. The van der Waals surface area contributed by atoms with E-state index >= 15 is 0 Å². The Balaban J connectivity index is 2.78. The van der Waals surface area contributed by atoms with E-state index in [2.05, 4.69) is 26.2 Å². The lowest BCUT2D eigenvalue weighted by molar-refractivity contribution is -0.117. The van der Waals surface area contributed by atoms with Crippen molar-refractivity contribution in [2.45, 2.75) is 44.4 Å². The first-order chi connectivity index (χ1) is 7.10. The minimum Gasteiger partial charge on any atom is -0.428 e. The van der Waals surface area contributed by atoms with Gasteiger partial charge in [-0.15, -0.1) is 0 Å². The maximum Gasteiger partial charge on any atom is 0.301 e. The van der Waals surface area contributed by atoms with E-state index < -0.39 is 4.32 Å². The van der Waals surface area contributed by atoms with E-state index in [0.29, 0.717) is 0 Å². The number of oxazole rings is 1. The zero-order valence-electron chi connectivity index (χ0n) is 10.2. The third-order valence-corrected chi connectivity index (χ3v) is 2.37. The van der Waals surface area contributed by atoms with Crippen LogP contribution < -0.4 is 5.32 Å². The molecule has 0 unspecified atom stereocenters. The van der Waals surface area contributed by atoms with Gasteiger partial charge in [0.15, 0.2) is 0 Å². The van der Waals surface area contributed by atoms with Crippen molar-refractivity contribution in [1.82, 2.24) is 4.98 Å². The lowest BCUT2D eigenvalue weighted by Crippen LogP contribution is -2.31. The Bertz CT molecular complexity index is 385. The van der Waals surface area contributed by atoms with Gasteiger partial charge in [-0.25, -0.2) is 4.98 Å². The lowest BCUT2D eigenvalue weighted by Gasteiger charge is -2.15. The highest BCUT2D eigenvalue weighted by Gasteiger charge is 2.26. The molecule has 1 rings (SSSR count). The van der Waals surface area contributed by atoms with Crippen molar-refractivity contribution >= 4 is 27.9 Å². The van der Waals surface area contributed by atoms with Crippen LogP contribution in [0.4, 0.5) is 6.01 Å². The van der Waals surface area contributed by atoms with Crippen LogP contribution in [0, 0.1) is 0 Å². The average Bonchev–Trinajstić information content (AvgIpc) is 2.49. The number of amides is 1. The molecule has 1 heterocycles. The van der Waals surface area contributed by atoms with Crippen molar-refractivity contribution in [2.24, 2.45) is 0 Å². The molecule has 5 heteroatoms. The van der Waals surface area contributed by atoms with E-state index in [1.165, 1.54) is 0 Å². The highest BCUT2D eigenvalue weighted by atomic mass is 79.9. The molecule has 4 nitrogen and oxygen atoms in total. The number of carbonyl (C=O) groups excluding carboxylic acids is 1. The Morgan fingerprint density at radius 1 is 1.38 bits per heavy atom. The summed E-state index contributed by atoms with van der Waals surface area (Å²) in [5, 5.41) is 2.61. The van der Waals surface area contributed by atoms with E-state index in [9.17, 15) is 4.79 Å². The smallest absolute Gasteiger partial charge is 0.301 e. The van der Waals surface area contributed by atoms with Crippen molar-refractivity contribution < 1.29 is 9.21 Å². The Kier molecular flexibility index (Phi) is 3.47. The molecule has 1 aromatic rings. The zero-order valence-corrected chi connectivity index (χ0v) is 11.8. The molecule has 1 amide bonds. The van der Waals surface area contributed by atoms with Gasteiger partial charge >= 0.3 is 6.01 Å². The summed E-state index contributed by atoms with van der Waals surface area (Å²) >= 11 is 3.27. The summed E-state index contributed by atoms with van der Waals surface area (Å²) in [4.78, 5) is 15.7. The number of carbonyl (C=O) groups is 1. The molecule has 1 aromatic heterocycles. The minimum atomic E-state index is -0.636. The Morgan fingerprint density at radius 2 is 1.94 bits per heavy atom. The molecule has 0 aromatic carbocycles. The first-order valence-corrected chi connectivity index (χ1v) is 5.86. The Hall–Kier alpha value is -0.840. The van der Waals surface area contributed by atoms with Gasteiger partial charge in [0.05, 0.1) is 10.5 Å². The predicted molar refractivity (Wildman–Crippen MR) is 66.8 cm³/mol. The standard InChI is InChI=1S/C11H17BrN2O2/c1-10(2,3)7-6-13-9(16-7)14-8(15)11(4,5)12/h6H,1-5H3,(H,13,14,15). The fraction of sp³-hybridized carbons (Fsp3) is 0.636. The second kappa shape index (κ2) is 4.20. The number of alkyl halides is 1. The number of hydrogen-bond acceptors (Lipinski definition) is 3. The summed E-state index contributed by atoms with van der Waals surface area (Å²) in [6.45, 7) is 9.58. The molecule has 0 radical (unpaired) electrons. The first-order valence-electron chi connectivity index (χ1n) is 5.07. The third-order valence-electron chi connectivity index (χ3n) is 2.01. The largest absolute Gasteiger partial charge is 0.428 e. The maximum atomic E-state index is 11.6. The topological polar surface area (TPSA) is 55.1 Å². The van der Waals surface area contributed by atoms with Crippen LogP contribution in [-0.2, 0) is 10.2 Å². The Labute approximate surface area is 104 Å². The van der Waals surface area contributed by atoms with Crippen LogP contribution in [0.2, 0.25) is 0 Å². The first kappa shape index (κ1) is 13.2. The molecule has 0 aliphatic heterocycles. The van der Waals surface area contributed by atoms with Crippen molar-refractivity contribution in [3.8, 4) is 0 Å². The van der Waals surface area contributed by atoms with Gasteiger partial charge in [0.25, 0.3) is 0 Å². The molecule has 0 atom stereocenters. The summed E-state index contributed by atoms with van der Waals surface area (Å²) in [7, 11) is 0. The molecule has 1 N–H and O–H groups in total. The molecule has 16 heavy (non-hydrogen) atoms. The lowest BCUT2D eigenvalue weighted by atomic mass is 9.94. The highest BCUT2D eigenvalue weighted by Crippen LogP contribution is 2.25.